The smallest absolute Gasteiger partial charge is 0.115 e. The third-order valence-electron chi connectivity index (χ3n) is 4.30. The summed E-state index contributed by atoms with van der Waals surface area (Å²) in [4.78, 5) is 2.42. The third-order valence-corrected chi connectivity index (χ3v) is 4.30. The van der Waals surface area contributed by atoms with Gasteiger partial charge in [-0.1, -0.05) is 35.9 Å². The number of hydrogen-bond acceptors (Lipinski definition) is 2. The van der Waals surface area contributed by atoms with E-state index in [1.807, 2.05) is 6.07 Å². The molecule has 0 aliphatic carbocycles. The van der Waals surface area contributed by atoms with Gasteiger partial charge in [-0.15, -0.1) is 0 Å². The van der Waals surface area contributed by atoms with E-state index in [1.54, 1.807) is 6.07 Å². The number of phenols is 1. The molecule has 2 aromatic carbocycles. The van der Waals surface area contributed by atoms with Gasteiger partial charge in [0.2, 0.25) is 0 Å². The number of hydrogen-bond donors (Lipinski definition) is 1. The van der Waals surface area contributed by atoms with Crippen LogP contribution in [0.15, 0.2) is 42.5 Å². The first-order chi connectivity index (χ1) is 9.63. The van der Waals surface area contributed by atoms with Gasteiger partial charge in [0.25, 0.3) is 0 Å². The number of rotatable bonds is 2. The first-order valence-electron chi connectivity index (χ1n) is 7.21. The van der Waals surface area contributed by atoms with E-state index in [0.29, 0.717) is 11.8 Å². The molecule has 1 atom stereocenters. The molecule has 0 saturated heterocycles. The molecular weight excluding hydrogens is 246 g/mol. The summed E-state index contributed by atoms with van der Waals surface area (Å²) < 4.78 is 0. The van der Waals surface area contributed by atoms with Gasteiger partial charge in [-0.05, 0) is 55.6 Å². The maximum Gasteiger partial charge on any atom is 0.115 e. The zero-order valence-corrected chi connectivity index (χ0v) is 12.1. The van der Waals surface area contributed by atoms with Crippen LogP contribution in [0, 0.1) is 6.92 Å². The number of benzene rings is 2. The Labute approximate surface area is 120 Å². The SMILES string of the molecule is Cc1ccc(CC2c3ccc(O)cc3CCN2C)cc1. The molecular formula is C18H21NO. The molecule has 1 aliphatic rings. The number of aromatic hydroxyl groups is 1. The van der Waals surface area contributed by atoms with Crippen molar-refractivity contribution in [1.29, 1.82) is 0 Å². The molecule has 0 radical (unpaired) electrons. The predicted octanol–water partition coefficient (Wildman–Crippen LogP) is 3.47. The zero-order chi connectivity index (χ0) is 14.1. The number of fused-ring (bicyclic) bond motifs is 1. The minimum atomic E-state index is 0.377. The van der Waals surface area contributed by atoms with E-state index >= 15 is 0 Å². The lowest BCUT2D eigenvalue weighted by Crippen LogP contribution is -2.33. The molecule has 0 bridgehead atoms. The summed E-state index contributed by atoms with van der Waals surface area (Å²) in [5.74, 6) is 0.377. The van der Waals surface area contributed by atoms with Crippen LogP contribution < -0.4 is 0 Å². The normalized spacial score (nSPS) is 18.8. The van der Waals surface area contributed by atoms with Gasteiger partial charge in [0, 0.05) is 12.6 Å². The van der Waals surface area contributed by atoms with Crippen molar-refractivity contribution in [3.8, 4) is 5.75 Å². The number of aryl methyl sites for hydroxylation is 1. The summed E-state index contributed by atoms with van der Waals surface area (Å²) in [5.41, 5.74) is 5.32. The molecule has 1 N–H and O–H groups in total. The molecule has 2 nitrogen and oxygen atoms in total. The molecule has 0 saturated carbocycles. The monoisotopic (exact) mass is 267 g/mol. The fourth-order valence-electron chi connectivity index (χ4n) is 3.04. The van der Waals surface area contributed by atoms with E-state index in [2.05, 4.69) is 49.2 Å². The van der Waals surface area contributed by atoms with Gasteiger partial charge in [-0.25, -0.2) is 0 Å². The quantitative estimate of drug-likeness (QED) is 0.900. The van der Waals surface area contributed by atoms with Gasteiger partial charge in [0.1, 0.15) is 5.75 Å². The van der Waals surface area contributed by atoms with Crippen LogP contribution in [0.2, 0.25) is 0 Å². The fraction of sp³-hybridized carbons (Fsp3) is 0.333. The van der Waals surface area contributed by atoms with Crippen LogP contribution in [-0.4, -0.2) is 23.6 Å². The molecule has 2 heteroatoms. The molecule has 2 aromatic rings. The number of phenolic OH excluding ortho intramolecular Hbond substituents is 1. The van der Waals surface area contributed by atoms with Crippen molar-refractivity contribution in [3.05, 3.63) is 64.7 Å². The molecule has 104 valence electrons. The van der Waals surface area contributed by atoms with Crippen molar-refractivity contribution >= 4 is 0 Å². The van der Waals surface area contributed by atoms with Gasteiger partial charge in [-0.3, -0.25) is 4.90 Å². The molecule has 20 heavy (non-hydrogen) atoms. The Balaban J connectivity index is 1.91. The molecule has 3 rings (SSSR count). The number of nitrogens with zero attached hydrogens (tertiary/aromatic N) is 1. The standard InChI is InChI=1S/C18H21NO/c1-13-3-5-14(6-4-13)11-18-17-8-7-16(20)12-15(17)9-10-19(18)2/h3-8,12,18,20H,9-11H2,1-2H3. The highest BCUT2D eigenvalue weighted by molar-refractivity contribution is 5.39. The van der Waals surface area contributed by atoms with Crippen LogP contribution in [-0.2, 0) is 12.8 Å². The van der Waals surface area contributed by atoms with E-state index in [1.165, 1.54) is 22.3 Å². The second kappa shape index (κ2) is 5.29. The Morgan fingerprint density at radius 2 is 1.90 bits per heavy atom. The predicted molar refractivity (Wildman–Crippen MR) is 82.1 cm³/mol. The summed E-state index contributed by atoms with van der Waals surface area (Å²) in [7, 11) is 2.19. The lowest BCUT2D eigenvalue weighted by atomic mass is 9.89. The maximum absolute atomic E-state index is 9.65. The van der Waals surface area contributed by atoms with Crippen molar-refractivity contribution in [1.82, 2.24) is 4.90 Å². The van der Waals surface area contributed by atoms with E-state index < -0.39 is 0 Å². The third kappa shape index (κ3) is 2.56. The van der Waals surface area contributed by atoms with Crippen LogP contribution in [0.5, 0.6) is 5.75 Å². The zero-order valence-electron chi connectivity index (χ0n) is 12.1. The summed E-state index contributed by atoms with van der Waals surface area (Å²) in [6.45, 7) is 3.17. The summed E-state index contributed by atoms with van der Waals surface area (Å²) in [6.07, 6.45) is 2.04. The van der Waals surface area contributed by atoms with Crippen molar-refractivity contribution in [2.75, 3.05) is 13.6 Å². The van der Waals surface area contributed by atoms with Gasteiger partial charge in [0.15, 0.2) is 0 Å². The van der Waals surface area contributed by atoms with Gasteiger partial charge >= 0.3 is 0 Å². The van der Waals surface area contributed by atoms with E-state index in [4.69, 9.17) is 0 Å². The minimum absolute atomic E-state index is 0.377. The maximum atomic E-state index is 9.65. The fourth-order valence-corrected chi connectivity index (χ4v) is 3.04. The Morgan fingerprint density at radius 3 is 2.65 bits per heavy atom. The van der Waals surface area contributed by atoms with Crippen molar-refractivity contribution in [2.45, 2.75) is 25.8 Å². The summed E-state index contributed by atoms with van der Waals surface area (Å²) in [6, 6.07) is 15.0. The average molecular weight is 267 g/mol. The highest BCUT2D eigenvalue weighted by Gasteiger charge is 2.24. The lowest BCUT2D eigenvalue weighted by molar-refractivity contribution is 0.229. The van der Waals surface area contributed by atoms with Gasteiger partial charge < -0.3 is 5.11 Å². The lowest BCUT2D eigenvalue weighted by Gasteiger charge is -2.35. The largest absolute Gasteiger partial charge is 0.508 e. The van der Waals surface area contributed by atoms with Gasteiger partial charge in [0.05, 0.1) is 0 Å². The highest BCUT2D eigenvalue weighted by atomic mass is 16.3. The first kappa shape index (κ1) is 13.2. The molecule has 0 aromatic heterocycles. The van der Waals surface area contributed by atoms with E-state index in [0.717, 1.165) is 19.4 Å². The molecule has 0 amide bonds. The Bertz CT molecular complexity index is 603. The molecule has 1 heterocycles. The summed E-state index contributed by atoms with van der Waals surface area (Å²) in [5, 5.41) is 9.65. The van der Waals surface area contributed by atoms with Crippen molar-refractivity contribution < 1.29 is 5.11 Å². The van der Waals surface area contributed by atoms with Crippen LogP contribution in [0.1, 0.15) is 28.3 Å². The molecule has 0 fully saturated rings. The minimum Gasteiger partial charge on any atom is -0.508 e. The molecule has 1 unspecified atom stereocenters. The Morgan fingerprint density at radius 1 is 1.15 bits per heavy atom. The van der Waals surface area contributed by atoms with Crippen LogP contribution in [0.3, 0.4) is 0 Å². The Kier molecular flexibility index (Phi) is 3.49. The second-order valence-corrected chi connectivity index (χ2v) is 5.82. The van der Waals surface area contributed by atoms with Crippen molar-refractivity contribution in [3.63, 3.8) is 0 Å². The van der Waals surface area contributed by atoms with Crippen LogP contribution in [0.25, 0.3) is 0 Å². The van der Waals surface area contributed by atoms with E-state index in [-0.39, 0.29) is 0 Å². The van der Waals surface area contributed by atoms with Crippen molar-refractivity contribution in [2.24, 2.45) is 0 Å². The average Bonchev–Trinajstić information content (AvgIpc) is 2.44. The molecule has 0 spiro atoms. The second-order valence-electron chi connectivity index (χ2n) is 5.82. The summed E-state index contributed by atoms with van der Waals surface area (Å²) >= 11 is 0. The topological polar surface area (TPSA) is 23.5 Å². The Hall–Kier alpha value is -1.80. The van der Waals surface area contributed by atoms with Crippen LogP contribution in [0.4, 0.5) is 0 Å². The van der Waals surface area contributed by atoms with Crippen LogP contribution >= 0.6 is 0 Å². The molecule has 1 aliphatic heterocycles. The van der Waals surface area contributed by atoms with E-state index in [9.17, 15) is 5.11 Å². The van der Waals surface area contributed by atoms with Gasteiger partial charge in [-0.2, -0.15) is 0 Å². The number of likely N-dealkylation sites (N-methyl/N-ethyl adjacent to an activating group) is 1. The first-order valence-corrected chi connectivity index (χ1v) is 7.21. The highest BCUT2D eigenvalue weighted by Crippen LogP contribution is 2.33.